The maximum Gasteiger partial charge on any atom is 0.306 e. The second-order valence-electron chi connectivity index (χ2n) is 6.70. The molecule has 4 heteroatoms. The van der Waals surface area contributed by atoms with Crippen LogP contribution in [0, 0.1) is 0 Å². The van der Waals surface area contributed by atoms with Crippen molar-refractivity contribution in [2.24, 2.45) is 5.73 Å². The van der Waals surface area contributed by atoms with Crippen molar-refractivity contribution in [2.75, 3.05) is 19.6 Å². The summed E-state index contributed by atoms with van der Waals surface area (Å²) in [4.78, 5) is 11.5. The maximum atomic E-state index is 11.5. The molecule has 0 heterocycles. The summed E-state index contributed by atoms with van der Waals surface area (Å²) in [5.41, 5.74) is 5.08. The number of unbranched alkanes of at least 4 members (excludes halogenated alkanes) is 6. The Labute approximate surface area is 131 Å². The van der Waals surface area contributed by atoms with Crippen molar-refractivity contribution in [3.63, 3.8) is 0 Å². The molecule has 0 radical (unpaired) electrons. The number of nitrogens with two attached hydrogens (primary N) is 1. The zero-order chi connectivity index (χ0) is 16.0. The van der Waals surface area contributed by atoms with E-state index in [0.29, 0.717) is 6.42 Å². The molecule has 0 saturated carbocycles. The predicted octanol–water partition coefficient (Wildman–Crippen LogP) is 3.39. The summed E-state index contributed by atoms with van der Waals surface area (Å²) in [6.45, 7) is 8.66. The van der Waals surface area contributed by atoms with Crippen LogP contribution in [-0.4, -0.2) is 31.2 Å². The summed E-state index contributed by atoms with van der Waals surface area (Å²) in [7, 11) is 0. The fourth-order valence-electron chi connectivity index (χ4n) is 2.15. The molecule has 0 aromatic rings. The van der Waals surface area contributed by atoms with Crippen LogP contribution in [0.25, 0.3) is 0 Å². The number of nitrogens with one attached hydrogen (secondary N) is 1. The number of carbonyl (C=O) groups excluding carboxylic acids is 1. The van der Waals surface area contributed by atoms with Crippen LogP contribution in [0.4, 0.5) is 0 Å². The van der Waals surface area contributed by atoms with Gasteiger partial charge in [0.2, 0.25) is 0 Å². The molecule has 0 aliphatic heterocycles. The highest BCUT2D eigenvalue weighted by atomic mass is 16.6. The van der Waals surface area contributed by atoms with Crippen molar-refractivity contribution in [3.8, 4) is 0 Å². The maximum absolute atomic E-state index is 11.5. The Balaban J connectivity index is 3.17. The third-order valence-corrected chi connectivity index (χ3v) is 3.21. The molecular weight excluding hydrogens is 264 g/mol. The van der Waals surface area contributed by atoms with Gasteiger partial charge >= 0.3 is 5.97 Å². The summed E-state index contributed by atoms with van der Waals surface area (Å²) in [6, 6.07) is 0. The molecule has 3 N–H and O–H groups in total. The molecule has 126 valence electrons. The lowest BCUT2D eigenvalue weighted by atomic mass is 10.1. The van der Waals surface area contributed by atoms with Crippen molar-refractivity contribution in [3.05, 3.63) is 0 Å². The van der Waals surface area contributed by atoms with E-state index in [9.17, 15) is 4.79 Å². The summed E-state index contributed by atoms with van der Waals surface area (Å²) in [5, 5.41) is 3.40. The van der Waals surface area contributed by atoms with E-state index in [0.717, 1.165) is 38.9 Å². The fourth-order valence-corrected chi connectivity index (χ4v) is 2.15. The molecule has 21 heavy (non-hydrogen) atoms. The van der Waals surface area contributed by atoms with Crippen LogP contribution >= 0.6 is 0 Å². The third-order valence-electron chi connectivity index (χ3n) is 3.21. The Morgan fingerprint density at radius 2 is 1.43 bits per heavy atom. The first-order valence-electron chi connectivity index (χ1n) is 8.58. The minimum absolute atomic E-state index is 0.0638. The SMILES string of the molecule is CC(C)(C)OC(=O)CCCCCCCCCNCCCN. The molecule has 0 aliphatic carbocycles. The van der Waals surface area contributed by atoms with Gasteiger partial charge in [-0.15, -0.1) is 0 Å². The summed E-state index contributed by atoms with van der Waals surface area (Å²) < 4.78 is 5.28. The Morgan fingerprint density at radius 3 is 2.00 bits per heavy atom. The van der Waals surface area contributed by atoms with Gasteiger partial charge in [0, 0.05) is 6.42 Å². The van der Waals surface area contributed by atoms with E-state index in [1.807, 2.05) is 20.8 Å². The molecule has 0 aromatic carbocycles. The molecule has 0 saturated heterocycles. The van der Waals surface area contributed by atoms with E-state index in [4.69, 9.17) is 10.5 Å². The molecular formula is C17H36N2O2. The quantitative estimate of drug-likeness (QED) is 0.404. The Morgan fingerprint density at radius 1 is 0.905 bits per heavy atom. The molecule has 0 atom stereocenters. The smallest absolute Gasteiger partial charge is 0.306 e. The van der Waals surface area contributed by atoms with Crippen LogP contribution in [0.5, 0.6) is 0 Å². The largest absolute Gasteiger partial charge is 0.460 e. The van der Waals surface area contributed by atoms with Crippen LogP contribution in [0.2, 0.25) is 0 Å². The zero-order valence-electron chi connectivity index (χ0n) is 14.4. The van der Waals surface area contributed by atoms with Gasteiger partial charge in [0.1, 0.15) is 5.60 Å². The number of rotatable bonds is 13. The molecule has 0 aliphatic rings. The van der Waals surface area contributed by atoms with Gasteiger partial charge in [-0.05, 0) is 59.7 Å². The molecule has 0 amide bonds. The van der Waals surface area contributed by atoms with Crippen LogP contribution < -0.4 is 11.1 Å². The predicted molar refractivity (Wildman–Crippen MR) is 89.3 cm³/mol. The van der Waals surface area contributed by atoms with E-state index in [1.54, 1.807) is 0 Å². The fraction of sp³-hybridized carbons (Fsp3) is 0.941. The average molecular weight is 300 g/mol. The summed E-state index contributed by atoms with van der Waals surface area (Å²) in [5.74, 6) is -0.0638. The van der Waals surface area contributed by atoms with Gasteiger partial charge < -0.3 is 15.8 Å². The lowest BCUT2D eigenvalue weighted by Crippen LogP contribution is -2.23. The minimum atomic E-state index is -0.352. The van der Waals surface area contributed by atoms with Crippen molar-refractivity contribution in [2.45, 2.75) is 84.2 Å². The monoisotopic (exact) mass is 300 g/mol. The van der Waals surface area contributed by atoms with Gasteiger partial charge in [0.15, 0.2) is 0 Å². The second-order valence-corrected chi connectivity index (χ2v) is 6.70. The highest BCUT2D eigenvalue weighted by Gasteiger charge is 2.15. The second kappa shape index (κ2) is 13.1. The molecule has 0 rings (SSSR count). The van der Waals surface area contributed by atoms with E-state index < -0.39 is 0 Å². The molecule has 4 nitrogen and oxygen atoms in total. The van der Waals surface area contributed by atoms with Crippen LogP contribution in [0.3, 0.4) is 0 Å². The van der Waals surface area contributed by atoms with E-state index in [1.165, 1.54) is 32.1 Å². The zero-order valence-corrected chi connectivity index (χ0v) is 14.4. The number of hydrogen-bond donors (Lipinski definition) is 2. The van der Waals surface area contributed by atoms with Crippen LogP contribution in [0.1, 0.15) is 78.6 Å². The Bertz CT molecular complexity index is 250. The van der Waals surface area contributed by atoms with Gasteiger partial charge in [-0.25, -0.2) is 0 Å². The highest BCUT2D eigenvalue weighted by Crippen LogP contribution is 2.12. The minimum Gasteiger partial charge on any atom is -0.460 e. The van der Waals surface area contributed by atoms with Gasteiger partial charge in [-0.1, -0.05) is 32.1 Å². The summed E-state index contributed by atoms with van der Waals surface area (Å²) >= 11 is 0. The topological polar surface area (TPSA) is 64.3 Å². The van der Waals surface area contributed by atoms with Crippen molar-refractivity contribution in [1.29, 1.82) is 0 Å². The lowest BCUT2D eigenvalue weighted by molar-refractivity contribution is -0.154. The van der Waals surface area contributed by atoms with Crippen molar-refractivity contribution in [1.82, 2.24) is 5.32 Å². The molecule has 0 fully saturated rings. The number of esters is 1. The molecule has 0 unspecified atom stereocenters. The van der Waals surface area contributed by atoms with E-state index >= 15 is 0 Å². The van der Waals surface area contributed by atoms with E-state index in [-0.39, 0.29) is 11.6 Å². The number of hydrogen-bond acceptors (Lipinski definition) is 4. The van der Waals surface area contributed by atoms with Gasteiger partial charge in [0.25, 0.3) is 0 Å². The molecule has 0 aromatic heterocycles. The van der Waals surface area contributed by atoms with E-state index in [2.05, 4.69) is 5.32 Å². The Kier molecular flexibility index (Phi) is 12.7. The first kappa shape index (κ1) is 20.4. The third kappa shape index (κ3) is 17.3. The van der Waals surface area contributed by atoms with Gasteiger partial charge in [-0.3, -0.25) is 4.79 Å². The summed E-state index contributed by atoms with van der Waals surface area (Å²) in [6.07, 6.45) is 10.1. The van der Waals surface area contributed by atoms with Crippen molar-refractivity contribution >= 4 is 5.97 Å². The van der Waals surface area contributed by atoms with Crippen molar-refractivity contribution < 1.29 is 9.53 Å². The van der Waals surface area contributed by atoms with Crippen LogP contribution in [-0.2, 0) is 9.53 Å². The molecule has 0 bridgehead atoms. The number of carbonyl (C=O) groups is 1. The van der Waals surface area contributed by atoms with Gasteiger partial charge in [0.05, 0.1) is 0 Å². The average Bonchev–Trinajstić information content (AvgIpc) is 2.38. The highest BCUT2D eigenvalue weighted by molar-refractivity contribution is 5.69. The normalized spacial score (nSPS) is 11.6. The molecule has 0 spiro atoms. The first-order chi connectivity index (χ1) is 9.95. The first-order valence-corrected chi connectivity index (χ1v) is 8.58. The standard InChI is InChI=1S/C17H36N2O2/c1-17(2,3)21-16(20)12-9-7-5-4-6-8-10-14-19-15-11-13-18/h19H,4-15,18H2,1-3H3. The van der Waals surface area contributed by atoms with Crippen LogP contribution in [0.15, 0.2) is 0 Å². The Hall–Kier alpha value is -0.610. The lowest BCUT2D eigenvalue weighted by Gasteiger charge is -2.19. The number of ether oxygens (including phenoxy) is 1. The van der Waals surface area contributed by atoms with Gasteiger partial charge in [-0.2, -0.15) is 0 Å².